The zero-order valence-electron chi connectivity index (χ0n) is 13.9. The van der Waals surface area contributed by atoms with Crippen LogP contribution in [0.15, 0.2) is 48.5 Å². The lowest BCUT2D eigenvalue weighted by molar-refractivity contribution is -0.116. The molecule has 3 heterocycles. The number of amides is 1. The molecule has 0 bridgehead atoms. The molecule has 5 rings (SSSR count). The van der Waals surface area contributed by atoms with E-state index in [4.69, 9.17) is 0 Å². The number of rotatable bonds is 1. The molecule has 7 nitrogen and oxygen atoms in total. The minimum absolute atomic E-state index is 0.0561. The lowest BCUT2D eigenvalue weighted by atomic mass is 10.00. The summed E-state index contributed by atoms with van der Waals surface area (Å²) < 4.78 is 1.46. The summed E-state index contributed by atoms with van der Waals surface area (Å²) >= 11 is 1.16. The van der Waals surface area contributed by atoms with Gasteiger partial charge in [0.15, 0.2) is 4.87 Å². The molecule has 3 aromatic rings. The van der Waals surface area contributed by atoms with E-state index in [0.717, 1.165) is 11.8 Å². The fourth-order valence-corrected chi connectivity index (χ4v) is 5.20. The third-order valence-electron chi connectivity index (χ3n) is 4.98. The molecule has 27 heavy (non-hydrogen) atoms. The molecule has 2 unspecified atom stereocenters. The number of carbonyl (C=O) groups excluding carboxylic acids is 2. The van der Waals surface area contributed by atoms with Gasteiger partial charge in [-0.05, 0) is 36.4 Å². The second-order valence-electron chi connectivity index (χ2n) is 6.39. The van der Waals surface area contributed by atoms with Crippen molar-refractivity contribution in [1.82, 2.24) is 9.55 Å². The smallest absolute Gasteiger partial charge is 0.271 e. The number of fused-ring (bicyclic) bond motifs is 3. The van der Waals surface area contributed by atoms with Gasteiger partial charge in [-0.3, -0.25) is 19.1 Å². The molecule has 1 spiro atoms. The van der Waals surface area contributed by atoms with E-state index in [2.05, 4.69) is 11.1 Å². The van der Waals surface area contributed by atoms with Gasteiger partial charge >= 0.3 is 0 Å². The summed E-state index contributed by atoms with van der Waals surface area (Å²) in [6, 6.07) is 15.5. The summed E-state index contributed by atoms with van der Waals surface area (Å²) in [6.07, 6.45) is 0. The van der Waals surface area contributed by atoms with Crippen molar-refractivity contribution in [2.45, 2.75) is 10.8 Å². The van der Waals surface area contributed by atoms with Crippen molar-refractivity contribution in [2.75, 3.05) is 10.7 Å². The third kappa shape index (κ3) is 1.89. The van der Waals surface area contributed by atoms with Gasteiger partial charge in [-0.1, -0.05) is 12.1 Å². The van der Waals surface area contributed by atoms with Gasteiger partial charge in [-0.2, -0.15) is 5.26 Å². The molecule has 1 N–H and O–H groups in total. The molecule has 2 aliphatic rings. The number of aromatic nitrogens is 2. The Morgan fingerprint density at radius 1 is 1.19 bits per heavy atom. The SMILES string of the molecule is N#CC1c2nc3ccccc3n2C(=O)C12SCC(=O)N2c1ccc(O)cc1. The van der Waals surface area contributed by atoms with Crippen LogP contribution >= 0.6 is 11.8 Å². The summed E-state index contributed by atoms with van der Waals surface area (Å²) in [7, 11) is 0. The highest BCUT2D eigenvalue weighted by Crippen LogP contribution is 2.53. The average Bonchev–Trinajstić information content (AvgIpc) is 3.28. The Balaban J connectivity index is 1.75. The van der Waals surface area contributed by atoms with Gasteiger partial charge in [-0.25, -0.2) is 4.98 Å². The molecule has 132 valence electrons. The third-order valence-corrected chi connectivity index (χ3v) is 6.40. The van der Waals surface area contributed by atoms with Crippen molar-refractivity contribution in [3.63, 3.8) is 0 Å². The maximum absolute atomic E-state index is 13.6. The standard InChI is InChI=1S/C19H12N4O3S/c20-9-13-17-21-14-3-1-2-4-15(14)22(17)18(26)19(13)23(16(25)10-27-19)11-5-7-12(24)8-6-11/h1-8,13,24H,10H2. The van der Waals surface area contributed by atoms with Gasteiger partial charge in [0.1, 0.15) is 17.5 Å². The molecule has 1 saturated heterocycles. The molecule has 0 aliphatic carbocycles. The minimum Gasteiger partial charge on any atom is -0.508 e. The van der Waals surface area contributed by atoms with E-state index in [1.54, 1.807) is 24.3 Å². The van der Waals surface area contributed by atoms with Gasteiger partial charge in [-0.15, -0.1) is 11.8 Å². The second kappa shape index (κ2) is 5.34. The normalized spacial score (nSPS) is 24.0. The van der Waals surface area contributed by atoms with Crippen LogP contribution in [0.1, 0.15) is 16.5 Å². The van der Waals surface area contributed by atoms with E-state index in [1.807, 2.05) is 12.1 Å². The summed E-state index contributed by atoms with van der Waals surface area (Å²) in [5.74, 6) is -0.998. The van der Waals surface area contributed by atoms with E-state index in [9.17, 15) is 20.0 Å². The van der Waals surface area contributed by atoms with Crippen LogP contribution in [0.2, 0.25) is 0 Å². The zero-order chi connectivity index (χ0) is 18.8. The molecule has 1 aromatic heterocycles. The van der Waals surface area contributed by atoms with Gasteiger partial charge in [0.25, 0.3) is 5.91 Å². The van der Waals surface area contributed by atoms with Crippen molar-refractivity contribution in [3.8, 4) is 11.8 Å². The lowest BCUT2D eigenvalue weighted by Crippen LogP contribution is -2.52. The number of phenols is 1. The fourth-order valence-electron chi connectivity index (χ4n) is 3.85. The molecule has 1 amide bonds. The van der Waals surface area contributed by atoms with Crippen molar-refractivity contribution in [1.29, 1.82) is 5.26 Å². The van der Waals surface area contributed by atoms with Gasteiger partial charge < -0.3 is 5.11 Å². The maximum atomic E-state index is 13.6. The monoisotopic (exact) mass is 376 g/mol. The Morgan fingerprint density at radius 2 is 1.93 bits per heavy atom. The molecule has 2 atom stereocenters. The zero-order valence-corrected chi connectivity index (χ0v) is 14.7. The van der Waals surface area contributed by atoms with Gasteiger partial charge in [0, 0.05) is 5.69 Å². The number of thioether (sulfide) groups is 1. The predicted octanol–water partition coefficient (Wildman–Crippen LogP) is 2.48. The number of para-hydroxylation sites is 2. The highest BCUT2D eigenvalue weighted by Gasteiger charge is 2.65. The van der Waals surface area contributed by atoms with Crippen LogP contribution in [0.5, 0.6) is 5.75 Å². The van der Waals surface area contributed by atoms with Crippen LogP contribution in [0.25, 0.3) is 11.0 Å². The first kappa shape index (κ1) is 15.9. The van der Waals surface area contributed by atoms with Crippen LogP contribution in [0, 0.1) is 11.3 Å². The summed E-state index contributed by atoms with van der Waals surface area (Å²) in [4.78, 5) is 30.8. The van der Waals surface area contributed by atoms with Crippen LogP contribution in [0.4, 0.5) is 5.69 Å². The number of hydrogen-bond acceptors (Lipinski definition) is 6. The Kier molecular flexibility index (Phi) is 3.15. The van der Waals surface area contributed by atoms with Crippen LogP contribution in [-0.4, -0.2) is 37.1 Å². The van der Waals surface area contributed by atoms with E-state index in [0.29, 0.717) is 22.5 Å². The van der Waals surface area contributed by atoms with E-state index >= 15 is 0 Å². The van der Waals surface area contributed by atoms with E-state index in [1.165, 1.54) is 21.6 Å². The Labute approximate surface area is 157 Å². The molecule has 0 radical (unpaired) electrons. The van der Waals surface area contributed by atoms with Gasteiger partial charge in [0.05, 0.1) is 22.9 Å². The van der Waals surface area contributed by atoms with E-state index in [-0.39, 0.29) is 23.3 Å². The molecular formula is C19H12N4O3S. The van der Waals surface area contributed by atoms with Crippen LogP contribution in [-0.2, 0) is 4.79 Å². The largest absolute Gasteiger partial charge is 0.508 e. The van der Waals surface area contributed by atoms with Crippen molar-refractivity contribution in [3.05, 3.63) is 54.4 Å². The minimum atomic E-state index is -1.39. The summed E-state index contributed by atoms with van der Waals surface area (Å²) in [5, 5.41) is 19.5. The highest BCUT2D eigenvalue weighted by molar-refractivity contribution is 8.02. The number of nitriles is 1. The lowest BCUT2D eigenvalue weighted by Gasteiger charge is -2.33. The highest BCUT2D eigenvalue weighted by atomic mass is 32.2. The first-order valence-electron chi connectivity index (χ1n) is 8.26. The average molecular weight is 376 g/mol. The van der Waals surface area contributed by atoms with Crippen molar-refractivity contribution in [2.24, 2.45) is 0 Å². The number of phenolic OH excluding ortho intramolecular Hbond substituents is 1. The maximum Gasteiger partial charge on any atom is 0.271 e. The fraction of sp³-hybridized carbons (Fsp3) is 0.158. The number of imidazole rings is 1. The molecule has 0 saturated carbocycles. The Hall–Kier alpha value is -3.31. The number of carbonyl (C=O) groups is 2. The molecule has 1 fully saturated rings. The topological polar surface area (TPSA) is 99.2 Å². The molecule has 2 aliphatic heterocycles. The molecular weight excluding hydrogens is 364 g/mol. The van der Waals surface area contributed by atoms with E-state index < -0.39 is 10.8 Å². The first-order chi connectivity index (χ1) is 13.1. The second-order valence-corrected chi connectivity index (χ2v) is 7.59. The number of nitrogens with zero attached hydrogens (tertiary/aromatic N) is 4. The number of aromatic hydroxyl groups is 1. The molecule has 8 heteroatoms. The van der Waals surface area contributed by atoms with Crippen molar-refractivity contribution >= 4 is 40.3 Å². The number of benzene rings is 2. The quantitative estimate of drug-likeness (QED) is 0.700. The Morgan fingerprint density at radius 3 is 2.67 bits per heavy atom. The summed E-state index contributed by atoms with van der Waals surface area (Å²) in [5.41, 5.74) is 1.73. The van der Waals surface area contributed by atoms with Crippen molar-refractivity contribution < 1.29 is 14.7 Å². The Bertz CT molecular complexity index is 1160. The number of hydrogen-bond donors (Lipinski definition) is 1. The first-order valence-corrected chi connectivity index (χ1v) is 9.24. The molecule has 2 aromatic carbocycles. The predicted molar refractivity (Wildman–Crippen MR) is 99.5 cm³/mol. The number of anilines is 1. The van der Waals surface area contributed by atoms with Gasteiger partial charge in [0.2, 0.25) is 5.91 Å². The summed E-state index contributed by atoms with van der Waals surface area (Å²) in [6.45, 7) is 0. The van der Waals surface area contributed by atoms with Crippen LogP contribution < -0.4 is 4.90 Å². The van der Waals surface area contributed by atoms with Crippen LogP contribution in [0.3, 0.4) is 0 Å².